The SMILES string of the molecule is O=C(Cn1ccc(C(F)(F)F)n1)Nc1nc2ccccc2s1. The third-order valence-electron chi connectivity index (χ3n) is 2.78. The Morgan fingerprint density at radius 3 is 2.73 bits per heavy atom. The molecule has 1 amide bonds. The van der Waals surface area contributed by atoms with E-state index < -0.39 is 17.8 Å². The number of nitrogens with one attached hydrogen (secondary N) is 1. The number of hydrogen-bond donors (Lipinski definition) is 1. The van der Waals surface area contributed by atoms with E-state index in [2.05, 4.69) is 15.4 Å². The number of anilines is 1. The highest BCUT2D eigenvalue weighted by Crippen LogP contribution is 2.27. The number of rotatable bonds is 3. The molecule has 1 aromatic carbocycles. The van der Waals surface area contributed by atoms with Gasteiger partial charge in [-0.05, 0) is 18.2 Å². The van der Waals surface area contributed by atoms with Gasteiger partial charge in [0.05, 0.1) is 10.2 Å². The highest BCUT2D eigenvalue weighted by atomic mass is 32.1. The van der Waals surface area contributed by atoms with Crippen LogP contribution >= 0.6 is 11.3 Å². The quantitative estimate of drug-likeness (QED) is 0.804. The molecule has 5 nitrogen and oxygen atoms in total. The van der Waals surface area contributed by atoms with Crippen molar-refractivity contribution in [1.82, 2.24) is 14.8 Å². The second kappa shape index (κ2) is 5.41. The number of halogens is 3. The van der Waals surface area contributed by atoms with Gasteiger partial charge in [0.25, 0.3) is 0 Å². The zero-order chi connectivity index (χ0) is 15.7. The first-order valence-electron chi connectivity index (χ1n) is 6.18. The Hall–Kier alpha value is -2.42. The second-order valence-electron chi connectivity index (χ2n) is 4.43. The van der Waals surface area contributed by atoms with E-state index >= 15 is 0 Å². The van der Waals surface area contributed by atoms with Crippen LogP contribution < -0.4 is 5.32 Å². The summed E-state index contributed by atoms with van der Waals surface area (Å²) in [5, 5.41) is 6.27. The van der Waals surface area contributed by atoms with Crippen LogP contribution in [0.3, 0.4) is 0 Å². The van der Waals surface area contributed by atoms with Crippen molar-refractivity contribution in [3.05, 3.63) is 42.2 Å². The molecule has 0 saturated carbocycles. The number of benzene rings is 1. The molecule has 0 aliphatic rings. The third kappa shape index (κ3) is 3.08. The zero-order valence-electron chi connectivity index (χ0n) is 11.0. The Labute approximate surface area is 126 Å². The summed E-state index contributed by atoms with van der Waals surface area (Å²) in [4.78, 5) is 16.0. The van der Waals surface area contributed by atoms with E-state index in [1.54, 1.807) is 0 Å². The summed E-state index contributed by atoms with van der Waals surface area (Å²) < 4.78 is 39.1. The second-order valence-corrected chi connectivity index (χ2v) is 5.46. The van der Waals surface area contributed by atoms with Crippen molar-refractivity contribution in [2.75, 3.05) is 5.32 Å². The minimum absolute atomic E-state index is 0.313. The topological polar surface area (TPSA) is 59.8 Å². The molecule has 0 aliphatic heterocycles. The largest absolute Gasteiger partial charge is 0.435 e. The molecular formula is C13H9F3N4OS. The van der Waals surface area contributed by atoms with E-state index in [0.29, 0.717) is 5.13 Å². The summed E-state index contributed by atoms with van der Waals surface area (Å²) in [6, 6.07) is 8.19. The number of hydrogen-bond acceptors (Lipinski definition) is 4. The van der Waals surface area contributed by atoms with Crippen molar-refractivity contribution in [2.24, 2.45) is 0 Å². The number of alkyl halides is 3. The minimum atomic E-state index is -4.52. The van der Waals surface area contributed by atoms with Gasteiger partial charge in [0.1, 0.15) is 6.54 Å². The molecule has 0 spiro atoms. The lowest BCUT2D eigenvalue weighted by Crippen LogP contribution is -2.19. The monoisotopic (exact) mass is 326 g/mol. The van der Waals surface area contributed by atoms with E-state index in [1.807, 2.05) is 24.3 Å². The van der Waals surface area contributed by atoms with Crippen LogP contribution in [0, 0.1) is 0 Å². The van der Waals surface area contributed by atoms with Crippen LogP contribution in [0.25, 0.3) is 10.2 Å². The predicted molar refractivity (Wildman–Crippen MR) is 75.5 cm³/mol. The standard InChI is InChI=1S/C13H9F3N4OS/c14-13(15,16)10-5-6-20(19-10)7-11(21)18-12-17-8-3-1-2-4-9(8)22-12/h1-6H,7H2,(H,17,18,21). The van der Waals surface area contributed by atoms with Gasteiger partial charge in [-0.2, -0.15) is 18.3 Å². The Morgan fingerprint density at radius 1 is 1.27 bits per heavy atom. The van der Waals surface area contributed by atoms with Gasteiger partial charge >= 0.3 is 6.18 Å². The van der Waals surface area contributed by atoms with Crippen LogP contribution in [0.15, 0.2) is 36.5 Å². The lowest BCUT2D eigenvalue weighted by atomic mass is 10.3. The van der Waals surface area contributed by atoms with Gasteiger partial charge in [0.15, 0.2) is 10.8 Å². The van der Waals surface area contributed by atoms with Crippen LogP contribution in [0.5, 0.6) is 0 Å². The van der Waals surface area contributed by atoms with Crippen LogP contribution in [0.1, 0.15) is 5.69 Å². The van der Waals surface area contributed by atoms with Crippen LogP contribution in [-0.4, -0.2) is 20.7 Å². The molecule has 2 aromatic heterocycles. The van der Waals surface area contributed by atoms with E-state index in [0.717, 1.165) is 27.2 Å². The Bertz CT molecular complexity index is 791. The molecule has 3 aromatic rings. The Balaban J connectivity index is 1.68. The first-order valence-corrected chi connectivity index (χ1v) is 6.99. The maximum absolute atomic E-state index is 12.4. The summed E-state index contributed by atoms with van der Waals surface area (Å²) in [7, 11) is 0. The molecular weight excluding hydrogens is 317 g/mol. The molecule has 0 aliphatic carbocycles. The van der Waals surface area contributed by atoms with Crippen molar-refractivity contribution in [3.8, 4) is 0 Å². The van der Waals surface area contributed by atoms with Gasteiger partial charge in [0, 0.05) is 6.20 Å². The van der Waals surface area contributed by atoms with Crippen LogP contribution in [0.4, 0.5) is 18.3 Å². The van der Waals surface area contributed by atoms with E-state index in [4.69, 9.17) is 0 Å². The van der Waals surface area contributed by atoms with E-state index in [-0.39, 0.29) is 6.54 Å². The first kappa shape index (κ1) is 14.5. The van der Waals surface area contributed by atoms with Crippen LogP contribution in [-0.2, 0) is 17.5 Å². The van der Waals surface area contributed by atoms with Gasteiger partial charge in [-0.15, -0.1) is 0 Å². The number of aromatic nitrogens is 3. The summed E-state index contributed by atoms with van der Waals surface area (Å²) >= 11 is 1.29. The molecule has 2 heterocycles. The van der Waals surface area contributed by atoms with Crippen molar-refractivity contribution in [3.63, 3.8) is 0 Å². The minimum Gasteiger partial charge on any atom is -0.300 e. The fourth-order valence-corrected chi connectivity index (χ4v) is 2.71. The van der Waals surface area contributed by atoms with Gasteiger partial charge in [-0.1, -0.05) is 23.5 Å². The average Bonchev–Trinajstić information content (AvgIpc) is 3.03. The maximum Gasteiger partial charge on any atom is 0.435 e. The number of para-hydroxylation sites is 1. The smallest absolute Gasteiger partial charge is 0.300 e. The normalized spacial score (nSPS) is 11.8. The van der Waals surface area contributed by atoms with Gasteiger partial charge in [0.2, 0.25) is 5.91 Å². The number of carbonyl (C=O) groups is 1. The number of amides is 1. The summed E-state index contributed by atoms with van der Waals surface area (Å²) in [6.07, 6.45) is -3.41. The van der Waals surface area contributed by atoms with Gasteiger partial charge in [-0.3, -0.25) is 9.48 Å². The maximum atomic E-state index is 12.4. The number of thiazole rings is 1. The van der Waals surface area contributed by atoms with Crippen molar-refractivity contribution >= 4 is 32.6 Å². The predicted octanol–water partition coefficient (Wildman–Crippen LogP) is 3.15. The summed E-state index contributed by atoms with van der Waals surface area (Å²) in [5.41, 5.74) is -0.276. The molecule has 1 N–H and O–H groups in total. The Kier molecular flexibility index (Phi) is 3.57. The Morgan fingerprint density at radius 2 is 2.05 bits per heavy atom. The molecule has 3 rings (SSSR count). The van der Waals surface area contributed by atoms with Crippen LogP contribution in [0.2, 0.25) is 0 Å². The zero-order valence-corrected chi connectivity index (χ0v) is 11.8. The molecule has 0 saturated heterocycles. The molecule has 0 radical (unpaired) electrons. The summed E-state index contributed by atoms with van der Waals surface area (Å²) in [6.45, 7) is -0.313. The first-order chi connectivity index (χ1) is 10.4. The lowest BCUT2D eigenvalue weighted by Gasteiger charge is -2.03. The highest BCUT2D eigenvalue weighted by molar-refractivity contribution is 7.22. The molecule has 9 heteroatoms. The van der Waals surface area contributed by atoms with E-state index in [9.17, 15) is 18.0 Å². The van der Waals surface area contributed by atoms with Crippen molar-refractivity contribution < 1.29 is 18.0 Å². The van der Waals surface area contributed by atoms with Crippen molar-refractivity contribution in [1.29, 1.82) is 0 Å². The van der Waals surface area contributed by atoms with E-state index in [1.165, 1.54) is 11.3 Å². The number of fused-ring (bicyclic) bond motifs is 1. The lowest BCUT2D eigenvalue weighted by molar-refractivity contribution is -0.141. The molecule has 0 atom stereocenters. The fraction of sp³-hybridized carbons (Fsp3) is 0.154. The van der Waals surface area contributed by atoms with Crippen molar-refractivity contribution in [2.45, 2.75) is 12.7 Å². The van der Waals surface area contributed by atoms with Gasteiger partial charge < -0.3 is 5.32 Å². The van der Waals surface area contributed by atoms with Gasteiger partial charge in [-0.25, -0.2) is 4.98 Å². The molecule has 22 heavy (non-hydrogen) atoms. The average molecular weight is 326 g/mol. The molecule has 0 fully saturated rings. The molecule has 0 unspecified atom stereocenters. The third-order valence-corrected chi connectivity index (χ3v) is 3.73. The number of carbonyl (C=O) groups excluding carboxylic acids is 1. The fourth-order valence-electron chi connectivity index (χ4n) is 1.83. The summed E-state index contributed by atoms with van der Waals surface area (Å²) in [5.74, 6) is -0.490. The molecule has 0 bridgehead atoms. The highest BCUT2D eigenvalue weighted by Gasteiger charge is 2.33. The molecule has 114 valence electrons. The number of nitrogens with zero attached hydrogens (tertiary/aromatic N) is 3.